The standard InChI is InChI=1S/C20H36O3Si/c1-15(2)17(23-24(8,9)19(3,4)5)11-13-20(6)12-10-16(22-7)14-18(20)21/h14,17H,1,10-13H2,2-9H3. The SMILES string of the molecule is C=C(C)C(CCC1(C)CCC(OC)=CC1=O)O[Si](C)(C)C(C)(C)C. The molecule has 0 saturated carbocycles. The van der Waals surface area contributed by atoms with Gasteiger partial charge in [0.25, 0.3) is 0 Å². The molecule has 0 amide bonds. The van der Waals surface area contributed by atoms with Crippen molar-refractivity contribution < 1.29 is 14.0 Å². The molecule has 0 bridgehead atoms. The minimum Gasteiger partial charge on any atom is -0.501 e. The predicted molar refractivity (Wildman–Crippen MR) is 104 cm³/mol. The van der Waals surface area contributed by atoms with Crippen LogP contribution < -0.4 is 0 Å². The van der Waals surface area contributed by atoms with Crippen LogP contribution in [0.4, 0.5) is 0 Å². The number of carbonyl (C=O) groups excluding carboxylic acids is 1. The second kappa shape index (κ2) is 7.57. The second-order valence-corrected chi connectivity index (χ2v) is 13.7. The molecule has 0 aromatic carbocycles. The predicted octanol–water partition coefficient (Wildman–Crippen LogP) is 5.63. The number of rotatable bonds is 7. The maximum Gasteiger partial charge on any atom is 0.192 e. The van der Waals surface area contributed by atoms with Gasteiger partial charge in [0, 0.05) is 17.9 Å². The topological polar surface area (TPSA) is 35.5 Å². The van der Waals surface area contributed by atoms with Crippen molar-refractivity contribution in [3.8, 4) is 0 Å². The summed E-state index contributed by atoms with van der Waals surface area (Å²) in [5.41, 5.74) is 0.742. The molecule has 0 fully saturated rings. The number of hydrogen-bond donors (Lipinski definition) is 0. The molecule has 2 atom stereocenters. The van der Waals surface area contributed by atoms with Crippen LogP contribution in [-0.4, -0.2) is 27.3 Å². The van der Waals surface area contributed by atoms with Crippen molar-refractivity contribution in [1.82, 2.24) is 0 Å². The molecule has 138 valence electrons. The molecular weight excluding hydrogens is 316 g/mol. The molecule has 1 aliphatic carbocycles. The summed E-state index contributed by atoms with van der Waals surface area (Å²) >= 11 is 0. The highest BCUT2D eigenvalue weighted by molar-refractivity contribution is 6.74. The molecule has 0 radical (unpaired) electrons. The first-order valence-electron chi connectivity index (χ1n) is 8.94. The maximum absolute atomic E-state index is 12.5. The smallest absolute Gasteiger partial charge is 0.192 e. The van der Waals surface area contributed by atoms with Crippen LogP contribution in [0.5, 0.6) is 0 Å². The fourth-order valence-corrected chi connectivity index (χ4v) is 4.10. The number of ether oxygens (including phenoxy) is 1. The van der Waals surface area contributed by atoms with E-state index in [9.17, 15) is 4.79 Å². The quantitative estimate of drug-likeness (QED) is 0.440. The molecule has 0 spiro atoms. The Hall–Kier alpha value is -0.873. The highest BCUT2D eigenvalue weighted by atomic mass is 28.4. The van der Waals surface area contributed by atoms with E-state index in [0.717, 1.165) is 37.0 Å². The summed E-state index contributed by atoms with van der Waals surface area (Å²) < 4.78 is 11.8. The number of methoxy groups -OCH3 is 1. The van der Waals surface area contributed by atoms with E-state index in [4.69, 9.17) is 9.16 Å². The molecule has 0 saturated heterocycles. The van der Waals surface area contributed by atoms with Gasteiger partial charge in [0.2, 0.25) is 0 Å². The maximum atomic E-state index is 12.5. The van der Waals surface area contributed by atoms with Crippen molar-refractivity contribution >= 4 is 14.1 Å². The van der Waals surface area contributed by atoms with Gasteiger partial charge < -0.3 is 9.16 Å². The van der Waals surface area contributed by atoms with Crippen LogP contribution in [0.25, 0.3) is 0 Å². The summed E-state index contributed by atoms with van der Waals surface area (Å²) in [6.45, 7) is 19.5. The van der Waals surface area contributed by atoms with Crippen molar-refractivity contribution in [3.05, 3.63) is 24.0 Å². The van der Waals surface area contributed by atoms with Crippen molar-refractivity contribution in [1.29, 1.82) is 0 Å². The van der Waals surface area contributed by atoms with Crippen molar-refractivity contribution in [2.45, 2.75) is 84.5 Å². The number of allylic oxidation sites excluding steroid dienone is 2. The molecule has 0 aliphatic heterocycles. The second-order valence-electron chi connectivity index (χ2n) is 8.99. The Labute approximate surface area is 149 Å². The number of ketones is 1. The van der Waals surface area contributed by atoms with Crippen LogP contribution in [0.1, 0.15) is 60.3 Å². The number of carbonyl (C=O) groups is 1. The average Bonchev–Trinajstić information content (AvgIpc) is 2.45. The fraction of sp³-hybridized carbons (Fsp3) is 0.750. The van der Waals surface area contributed by atoms with Gasteiger partial charge in [-0.2, -0.15) is 0 Å². The van der Waals surface area contributed by atoms with Crippen molar-refractivity contribution in [2.75, 3.05) is 7.11 Å². The van der Waals surface area contributed by atoms with E-state index < -0.39 is 8.32 Å². The van der Waals surface area contributed by atoms with E-state index in [1.807, 2.05) is 6.92 Å². The monoisotopic (exact) mass is 352 g/mol. The van der Waals surface area contributed by atoms with E-state index >= 15 is 0 Å². The first kappa shape index (κ1) is 21.2. The Morgan fingerprint density at radius 2 is 2.00 bits per heavy atom. The van der Waals surface area contributed by atoms with Gasteiger partial charge in [0.1, 0.15) is 0 Å². The lowest BCUT2D eigenvalue weighted by molar-refractivity contribution is -0.125. The van der Waals surface area contributed by atoms with Gasteiger partial charge in [-0.25, -0.2) is 0 Å². The summed E-state index contributed by atoms with van der Waals surface area (Å²) in [7, 11) is -0.222. The van der Waals surface area contributed by atoms with Crippen molar-refractivity contribution in [2.24, 2.45) is 5.41 Å². The summed E-state index contributed by atoms with van der Waals surface area (Å²) in [5, 5.41) is 0.168. The zero-order valence-corrected chi connectivity index (χ0v) is 17.9. The van der Waals surface area contributed by atoms with Gasteiger partial charge in [-0.05, 0) is 44.3 Å². The van der Waals surface area contributed by atoms with Crippen LogP contribution in [0.2, 0.25) is 18.1 Å². The Morgan fingerprint density at radius 3 is 2.42 bits per heavy atom. The molecule has 0 aromatic rings. The lowest BCUT2D eigenvalue weighted by Gasteiger charge is -2.40. The van der Waals surface area contributed by atoms with E-state index in [0.29, 0.717) is 0 Å². The summed E-state index contributed by atoms with van der Waals surface area (Å²) in [4.78, 5) is 12.5. The first-order chi connectivity index (χ1) is 10.8. The Kier molecular flexibility index (Phi) is 6.67. The van der Waals surface area contributed by atoms with Gasteiger partial charge in [0.15, 0.2) is 14.1 Å². The average molecular weight is 353 g/mol. The first-order valence-corrected chi connectivity index (χ1v) is 11.9. The van der Waals surface area contributed by atoms with Gasteiger partial charge in [-0.1, -0.05) is 39.8 Å². The minimum absolute atomic E-state index is 0.0309. The molecule has 0 aromatic heterocycles. The van der Waals surface area contributed by atoms with Gasteiger partial charge in [-0.3, -0.25) is 4.79 Å². The summed E-state index contributed by atoms with van der Waals surface area (Å²) in [6, 6.07) is 0. The lowest BCUT2D eigenvalue weighted by Crippen LogP contribution is -2.44. The molecule has 1 rings (SSSR count). The third kappa shape index (κ3) is 5.06. The molecule has 4 heteroatoms. The van der Waals surface area contributed by atoms with E-state index in [1.165, 1.54) is 0 Å². The molecule has 1 aliphatic rings. The van der Waals surface area contributed by atoms with Gasteiger partial charge in [0.05, 0.1) is 19.0 Å². The Morgan fingerprint density at radius 1 is 1.42 bits per heavy atom. The van der Waals surface area contributed by atoms with E-state index in [-0.39, 0.29) is 22.3 Å². The zero-order chi connectivity index (χ0) is 18.8. The third-order valence-corrected chi connectivity index (χ3v) is 10.3. The normalized spacial score (nSPS) is 23.7. The van der Waals surface area contributed by atoms with E-state index in [2.05, 4.69) is 47.4 Å². The van der Waals surface area contributed by atoms with Gasteiger partial charge >= 0.3 is 0 Å². The fourth-order valence-electron chi connectivity index (χ4n) is 2.71. The van der Waals surface area contributed by atoms with Crippen molar-refractivity contribution in [3.63, 3.8) is 0 Å². The lowest BCUT2D eigenvalue weighted by atomic mass is 9.73. The number of hydrogen-bond acceptors (Lipinski definition) is 3. The molecular formula is C20H36O3Si. The molecule has 24 heavy (non-hydrogen) atoms. The molecule has 2 unspecified atom stereocenters. The summed E-state index contributed by atoms with van der Waals surface area (Å²) in [6.07, 6.45) is 5.05. The zero-order valence-electron chi connectivity index (χ0n) is 16.9. The molecule has 0 heterocycles. The minimum atomic E-state index is -1.85. The van der Waals surface area contributed by atoms with E-state index in [1.54, 1.807) is 13.2 Å². The van der Waals surface area contributed by atoms with Crippen LogP contribution in [0, 0.1) is 5.41 Å². The largest absolute Gasteiger partial charge is 0.501 e. The van der Waals surface area contributed by atoms with Gasteiger partial charge in [-0.15, -0.1) is 0 Å². The highest BCUT2D eigenvalue weighted by Gasteiger charge is 2.40. The molecule has 0 N–H and O–H groups in total. The highest BCUT2D eigenvalue weighted by Crippen LogP contribution is 2.41. The Balaban J connectivity index is 2.80. The third-order valence-electron chi connectivity index (χ3n) is 5.82. The van der Waals surface area contributed by atoms with Crippen LogP contribution in [-0.2, 0) is 14.0 Å². The van der Waals surface area contributed by atoms with Crippen LogP contribution in [0.3, 0.4) is 0 Å². The van der Waals surface area contributed by atoms with Crippen LogP contribution >= 0.6 is 0 Å². The molecule has 3 nitrogen and oxygen atoms in total. The Bertz CT molecular complexity index is 513. The van der Waals surface area contributed by atoms with Crippen LogP contribution in [0.15, 0.2) is 24.0 Å². The summed E-state index contributed by atoms with van der Waals surface area (Å²) in [5.74, 6) is 0.977.